The minimum Gasteiger partial charge on any atom is -0.497 e. The molecule has 2 aromatic rings. The van der Waals surface area contributed by atoms with Gasteiger partial charge >= 0.3 is 29.8 Å². The molecule has 0 aliphatic carbocycles. The van der Waals surface area contributed by atoms with E-state index in [9.17, 15) is 29.5 Å². The number of methoxy groups -OCH3 is 3. The molecule has 54 heavy (non-hydrogen) atoms. The molecule has 0 unspecified atom stereocenters. The fourth-order valence-electron chi connectivity index (χ4n) is 5.83. The molecule has 0 saturated carbocycles. The Balaban J connectivity index is 1.80. The highest BCUT2D eigenvalue weighted by atomic mass is 32.2. The fraction of sp³-hybridized carbons (Fsp3) is 0.514. The highest BCUT2D eigenvalue weighted by molar-refractivity contribution is 8.00. The van der Waals surface area contributed by atoms with Gasteiger partial charge in [0.05, 0.1) is 44.4 Å². The third kappa shape index (κ3) is 10.8. The second-order valence-electron chi connectivity index (χ2n) is 11.8. The van der Waals surface area contributed by atoms with Crippen LogP contribution in [0, 0.1) is 0 Å². The first-order chi connectivity index (χ1) is 25.9. The maximum absolute atomic E-state index is 13.6. The highest BCUT2D eigenvalue weighted by Gasteiger charge is 2.58. The molecule has 2 aromatic carbocycles. The Kier molecular flexibility index (Phi) is 15.5. The van der Waals surface area contributed by atoms with Crippen molar-refractivity contribution in [3.63, 3.8) is 0 Å². The van der Waals surface area contributed by atoms with Crippen LogP contribution in [0.25, 0.3) is 10.4 Å². The van der Waals surface area contributed by atoms with E-state index in [0.717, 1.165) is 45.2 Å². The van der Waals surface area contributed by atoms with Gasteiger partial charge in [0, 0.05) is 32.8 Å². The molecule has 0 bridgehead atoms. The molecule has 2 aliphatic heterocycles. The number of hydrogen-bond donors (Lipinski definition) is 0. The topological polar surface area (TPSA) is 226 Å². The maximum Gasteiger partial charge on any atom is 0.339 e. The van der Waals surface area contributed by atoms with Crippen LogP contribution in [0.1, 0.15) is 36.7 Å². The number of thioether (sulfide) groups is 1. The van der Waals surface area contributed by atoms with E-state index in [4.69, 9.17) is 47.4 Å². The lowest BCUT2D eigenvalue weighted by atomic mass is 9.98. The van der Waals surface area contributed by atoms with E-state index in [1.54, 1.807) is 49.6 Å². The first kappa shape index (κ1) is 41.8. The van der Waals surface area contributed by atoms with Gasteiger partial charge in [0.2, 0.25) is 0 Å². The minimum atomic E-state index is -1.70. The zero-order chi connectivity index (χ0) is 39.4. The molecule has 0 amide bonds. The van der Waals surface area contributed by atoms with E-state index in [2.05, 4.69) is 10.0 Å². The van der Waals surface area contributed by atoms with Crippen molar-refractivity contribution in [1.82, 2.24) is 0 Å². The molecule has 0 N–H and O–H groups in total. The summed E-state index contributed by atoms with van der Waals surface area (Å²) in [5.41, 5.74) is 9.13. The van der Waals surface area contributed by atoms with Crippen molar-refractivity contribution < 1.29 is 71.3 Å². The molecule has 2 aliphatic rings. The summed E-state index contributed by atoms with van der Waals surface area (Å²) in [5, 5.41) is 2.77. The van der Waals surface area contributed by atoms with Crippen LogP contribution in [0.2, 0.25) is 0 Å². The Morgan fingerprint density at radius 1 is 0.796 bits per heavy atom. The van der Waals surface area contributed by atoms with E-state index in [-0.39, 0.29) is 18.8 Å². The number of hydrogen-bond acceptors (Lipinski definition) is 17. The molecule has 0 aromatic heterocycles. The molecule has 4 rings (SSSR count). The predicted molar refractivity (Wildman–Crippen MR) is 186 cm³/mol. The van der Waals surface area contributed by atoms with E-state index in [0.29, 0.717) is 5.75 Å². The van der Waals surface area contributed by atoms with E-state index >= 15 is 0 Å². The van der Waals surface area contributed by atoms with Gasteiger partial charge in [0.15, 0.2) is 30.7 Å². The number of nitrogens with zero attached hydrogens (tertiary/aromatic N) is 3. The Labute approximate surface area is 314 Å². The lowest BCUT2D eigenvalue weighted by Crippen LogP contribution is -2.64. The van der Waals surface area contributed by atoms with Crippen molar-refractivity contribution in [3.05, 3.63) is 76.2 Å². The van der Waals surface area contributed by atoms with Gasteiger partial charge in [-0.25, -0.2) is 9.59 Å². The van der Waals surface area contributed by atoms with Gasteiger partial charge < -0.3 is 47.4 Å². The summed E-state index contributed by atoms with van der Waals surface area (Å²) < 4.78 is 56.8. The molecular weight excluding hydrogens is 734 g/mol. The largest absolute Gasteiger partial charge is 0.497 e. The number of carbonyl (C=O) groups excluding carboxylic acids is 5. The highest BCUT2D eigenvalue weighted by Crippen LogP contribution is 2.42. The molecule has 10 atom stereocenters. The molecule has 2 saturated heterocycles. The molecule has 2 fully saturated rings. The number of rotatable bonds is 15. The van der Waals surface area contributed by atoms with Gasteiger partial charge in [-0.15, -0.1) is 11.8 Å². The lowest BCUT2D eigenvalue weighted by molar-refractivity contribution is -0.236. The second kappa shape index (κ2) is 20.0. The Morgan fingerprint density at radius 3 is 2.00 bits per heavy atom. The molecule has 0 radical (unpaired) electrons. The van der Waals surface area contributed by atoms with E-state index in [1.165, 1.54) is 19.2 Å². The van der Waals surface area contributed by atoms with E-state index < -0.39 is 89.5 Å². The molecular formula is C35H41N3O15S. The van der Waals surface area contributed by atoms with Crippen molar-refractivity contribution in [2.75, 3.05) is 27.9 Å². The summed E-state index contributed by atoms with van der Waals surface area (Å²) in [7, 11) is 3.92. The van der Waals surface area contributed by atoms with Crippen molar-refractivity contribution >= 4 is 41.6 Å². The quantitative estimate of drug-likeness (QED) is 0.0831. The zero-order valence-electron chi connectivity index (χ0n) is 30.3. The van der Waals surface area contributed by atoms with E-state index in [1.807, 2.05) is 0 Å². The van der Waals surface area contributed by atoms with Crippen molar-refractivity contribution in [2.45, 2.75) is 87.0 Å². The summed E-state index contributed by atoms with van der Waals surface area (Å²) >= 11 is 0.845. The summed E-state index contributed by atoms with van der Waals surface area (Å²) in [5.74, 6) is -3.74. The smallest absolute Gasteiger partial charge is 0.339 e. The first-order valence-corrected chi connectivity index (χ1v) is 17.4. The minimum absolute atomic E-state index is 0.103. The Hall–Kier alpha value is -4.91. The van der Waals surface area contributed by atoms with Gasteiger partial charge in [-0.2, -0.15) is 0 Å². The SMILES string of the molecule is COC(=O)[C@H]1O[C@@H](S[C@H]2[C@H](OC(=O)c3ccccc3)[C@@H](N=[N+]=[N-])[C@@H](OC)O[C@@H]2COCc2ccc(OC)cc2)[C@H](OC(C)=O)[C@@H](OC(C)=O)[C@@H]1OC(C)=O. The maximum atomic E-state index is 13.6. The molecule has 0 spiro atoms. The normalized spacial score (nSPS) is 27.7. The third-order valence-corrected chi connectivity index (χ3v) is 9.65. The number of ether oxygens (including phenoxy) is 10. The van der Waals surface area contributed by atoms with Gasteiger partial charge in [-0.3, -0.25) is 14.4 Å². The standard InChI is InChI=1S/C35H41N3O15S/c1-18(39)48-27-28(49-19(2)40)30(50-20(3)41)35(53-29(27)33(43)45-5)54-31-24(17-47-16-21-12-14-23(44-4)15-13-21)51-34(46-6)25(37-38-36)26(31)52-32(42)22-10-8-7-9-11-22/h7-15,24-31,34-35H,16-17H2,1-6H3/t24-,25-,26-,27+,28+,29+,30-,31-,34+,35+/m1/s1. The number of azide groups is 1. The van der Waals surface area contributed by atoms with Crippen LogP contribution in [0.3, 0.4) is 0 Å². The summed E-state index contributed by atoms with van der Waals surface area (Å²) in [4.78, 5) is 66.8. The number of benzene rings is 2. The van der Waals surface area contributed by atoms with Crippen LogP contribution < -0.4 is 4.74 Å². The zero-order valence-corrected chi connectivity index (χ0v) is 31.1. The average molecular weight is 776 g/mol. The van der Waals surface area contributed by atoms with Gasteiger partial charge in [0.1, 0.15) is 23.3 Å². The van der Waals surface area contributed by atoms with Gasteiger partial charge in [-0.05, 0) is 35.4 Å². The first-order valence-electron chi connectivity index (χ1n) is 16.5. The Morgan fingerprint density at radius 2 is 1.43 bits per heavy atom. The molecule has 292 valence electrons. The van der Waals surface area contributed by atoms with Gasteiger partial charge in [0.25, 0.3) is 0 Å². The van der Waals surface area contributed by atoms with Gasteiger partial charge in [-0.1, -0.05) is 35.4 Å². The average Bonchev–Trinajstić information content (AvgIpc) is 3.15. The fourth-order valence-corrected chi connectivity index (χ4v) is 7.37. The van der Waals surface area contributed by atoms with Crippen LogP contribution >= 0.6 is 11.8 Å². The third-order valence-electron chi connectivity index (χ3n) is 8.12. The monoisotopic (exact) mass is 775 g/mol. The number of esters is 5. The second-order valence-corrected chi connectivity index (χ2v) is 13.1. The molecule has 2 heterocycles. The summed E-state index contributed by atoms with van der Waals surface area (Å²) in [6.45, 7) is 3.15. The molecule has 19 heteroatoms. The van der Waals surface area contributed by atoms with Crippen LogP contribution in [0.15, 0.2) is 59.7 Å². The van der Waals surface area contributed by atoms with Crippen molar-refractivity contribution in [2.24, 2.45) is 5.11 Å². The summed E-state index contributed by atoms with van der Waals surface area (Å²) in [6, 6.07) is 13.8. The van der Waals surface area contributed by atoms with Crippen molar-refractivity contribution in [1.29, 1.82) is 0 Å². The van der Waals surface area contributed by atoms with Crippen LogP contribution in [-0.2, 0) is 68.4 Å². The Bertz CT molecular complexity index is 1660. The number of carbonyl (C=O) groups is 5. The summed E-state index contributed by atoms with van der Waals surface area (Å²) in [6.07, 6.45) is -10.1. The lowest BCUT2D eigenvalue weighted by Gasteiger charge is -2.47. The van der Waals surface area contributed by atoms with Crippen LogP contribution in [-0.4, -0.2) is 117 Å². The van der Waals surface area contributed by atoms with Crippen LogP contribution in [0.4, 0.5) is 0 Å². The van der Waals surface area contributed by atoms with Crippen LogP contribution in [0.5, 0.6) is 5.75 Å². The molecule has 18 nitrogen and oxygen atoms in total. The van der Waals surface area contributed by atoms with Crippen molar-refractivity contribution in [3.8, 4) is 5.75 Å². The predicted octanol–water partition coefficient (Wildman–Crippen LogP) is 3.28.